The Morgan fingerprint density at radius 2 is 1.90 bits per heavy atom. The van der Waals surface area contributed by atoms with Gasteiger partial charge in [-0.1, -0.05) is 42.5 Å². The zero-order valence-corrected chi connectivity index (χ0v) is 16.4. The van der Waals surface area contributed by atoms with Gasteiger partial charge in [-0.05, 0) is 30.5 Å². The van der Waals surface area contributed by atoms with E-state index < -0.39 is 0 Å². The summed E-state index contributed by atoms with van der Waals surface area (Å²) in [5.41, 5.74) is 1.45. The number of amides is 1. The maximum atomic E-state index is 12.9. The van der Waals surface area contributed by atoms with Gasteiger partial charge in [-0.2, -0.15) is 5.10 Å². The second-order valence-electron chi connectivity index (χ2n) is 7.24. The van der Waals surface area contributed by atoms with E-state index in [1.54, 1.807) is 17.7 Å². The minimum Gasteiger partial charge on any atom is -0.488 e. The Balaban J connectivity index is 1.42. The summed E-state index contributed by atoms with van der Waals surface area (Å²) in [6.45, 7) is 0.956. The minimum absolute atomic E-state index is 0.0175. The van der Waals surface area contributed by atoms with E-state index in [0.717, 1.165) is 17.8 Å². The fourth-order valence-corrected chi connectivity index (χ4v) is 3.62. The van der Waals surface area contributed by atoms with Gasteiger partial charge in [0.2, 0.25) is 0 Å². The highest BCUT2D eigenvalue weighted by atomic mass is 16.5. The molecule has 0 spiro atoms. The molecule has 0 radical (unpaired) electrons. The third-order valence-corrected chi connectivity index (χ3v) is 5.21. The van der Waals surface area contributed by atoms with Crippen LogP contribution in [0.2, 0.25) is 0 Å². The Labute approximate surface area is 168 Å². The first-order chi connectivity index (χ1) is 14.1. The maximum Gasteiger partial charge on any atom is 0.345 e. The Morgan fingerprint density at radius 1 is 1.14 bits per heavy atom. The molecular formula is C22H24N4O3. The van der Waals surface area contributed by atoms with Crippen molar-refractivity contribution in [3.05, 3.63) is 82.0 Å². The molecule has 1 atom stereocenters. The predicted molar refractivity (Wildman–Crippen MR) is 109 cm³/mol. The van der Waals surface area contributed by atoms with Gasteiger partial charge in [0.15, 0.2) is 0 Å². The van der Waals surface area contributed by atoms with E-state index >= 15 is 0 Å². The lowest BCUT2D eigenvalue weighted by atomic mass is 10.1. The van der Waals surface area contributed by atoms with Crippen LogP contribution in [0.15, 0.2) is 59.4 Å². The highest BCUT2D eigenvalue weighted by Gasteiger charge is 2.22. The molecule has 1 aliphatic rings. The van der Waals surface area contributed by atoms with Crippen LogP contribution in [0.1, 0.15) is 34.6 Å². The number of fused-ring (bicyclic) bond motifs is 1. The lowest BCUT2D eigenvalue weighted by Crippen LogP contribution is -2.36. The van der Waals surface area contributed by atoms with E-state index in [1.165, 1.54) is 4.68 Å². The van der Waals surface area contributed by atoms with E-state index in [1.807, 2.05) is 48.5 Å². The first kappa shape index (κ1) is 19.0. The smallest absolute Gasteiger partial charge is 0.345 e. The Morgan fingerprint density at radius 3 is 2.72 bits per heavy atom. The van der Waals surface area contributed by atoms with E-state index in [2.05, 4.69) is 10.4 Å². The molecule has 7 nitrogen and oxygen atoms in total. The molecule has 1 N–H and O–H groups in total. The van der Waals surface area contributed by atoms with Gasteiger partial charge in [-0.15, -0.1) is 0 Å². The molecule has 4 rings (SSSR count). The van der Waals surface area contributed by atoms with Crippen LogP contribution < -0.4 is 15.7 Å². The van der Waals surface area contributed by atoms with Crippen molar-refractivity contribution < 1.29 is 9.53 Å². The van der Waals surface area contributed by atoms with Crippen LogP contribution in [0.5, 0.6) is 5.75 Å². The van der Waals surface area contributed by atoms with Crippen molar-refractivity contribution in [3.8, 4) is 5.75 Å². The molecule has 0 saturated heterocycles. The first-order valence-electron chi connectivity index (χ1n) is 9.81. The molecule has 7 heteroatoms. The average Bonchev–Trinajstić information content (AvgIpc) is 2.89. The molecular weight excluding hydrogens is 368 g/mol. The number of carbonyl (C=O) groups is 1. The minimum atomic E-state index is -0.161. The normalized spacial score (nSPS) is 16.0. The van der Waals surface area contributed by atoms with Crippen molar-refractivity contribution in [2.75, 3.05) is 0 Å². The highest BCUT2D eigenvalue weighted by molar-refractivity contribution is 5.97. The van der Waals surface area contributed by atoms with Crippen LogP contribution in [0.3, 0.4) is 0 Å². The fourth-order valence-electron chi connectivity index (χ4n) is 3.62. The van der Waals surface area contributed by atoms with Gasteiger partial charge in [0.05, 0.1) is 5.56 Å². The van der Waals surface area contributed by atoms with Crippen LogP contribution in [-0.4, -0.2) is 26.3 Å². The monoisotopic (exact) mass is 392 g/mol. The van der Waals surface area contributed by atoms with Gasteiger partial charge >= 0.3 is 5.69 Å². The van der Waals surface area contributed by atoms with Crippen molar-refractivity contribution >= 4 is 5.91 Å². The standard InChI is InChI=1S/C22H24N4O3/c1-25-22(28)26-14-13-17(11-12-20(26)24-25)23-21(27)18-9-5-6-10-19(18)29-15-16-7-3-2-4-8-16/h2-10,17H,11-15H2,1H3,(H,23,27). The highest BCUT2D eigenvalue weighted by Crippen LogP contribution is 2.20. The van der Waals surface area contributed by atoms with E-state index in [4.69, 9.17) is 4.74 Å². The van der Waals surface area contributed by atoms with Crippen molar-refractivity contribution in [2.45, 2.75) is 38.5 Å². The number of carbonyl (C=O) groups excluding carboxylic acids is 1. The fraction of sp³-hybridized carbons (Fsp3) is 0.318. The van der Waals surface area contributed by atoms with Crippen molar-refractivity contribution in [2.24, 2.45) is 7.05 Å². The molecule has 2 heterocycles. The number of aryl methyl sites for hydroxylation is 2. The van der Waals surface area contributed by atoms with E-state index in [0.29, 0.717) is 37.3 Å². The summed E-state index contributed by atoms with van der Waals surface area (Å²) >= 11 is 0. The molecule has 2 aromatic carbocycles. The summed E-state index contributed by atoms with van der Waals surface area (Å²) in [5, 5.41) is 7.39. The molecule has 3 aromatic rings. The number of aromatic nitrogens is 3. The predicted octanol–water partition coefficient (Wildman–Crippen LogP) is 2.30. The Bertz CT molecular complexity index is 1060. The molecule has 0 fully saturated rings. The molecule has 29 heavy (non-hydrogen) atoms. The van der Waals surface area contributed by atoms with Crippen LogP contribution in [0.25, 0.3) is 0 Å². The SMILES string of the molecule is Cn1nc2n(c1=O)CCC(NC(=O)c1ccccc1OCc1ccccc1)CC2. The summed E-state index contributed by atoms with van der Waals surface area (Å²) in [5.74, 6) is 1.18. The molecule has 0 aliphatic carbocycles. The number of rotatable bonds is 5. The van der Waals surface area contributed by atoms with E-state index in [9.17, 15) is 9.59 Å². The second kappa shape index (κ2) is 8.34. The summed E-state index contributed by atoms with van der Waals surface area (Å²) in [6, 6.07) is 17.1. The molecule has 0 saturated carbocycles. The van der Waals surface area contributed by atoms with Crippen LogP contribution in [0, 0.1) is 0 Å². The van der Waals surface area contributed by atoms with Gasteiger partial charge in [0.25, 0.3) is 5.91 Å². The number of hydrogen-bond donors (Lipinski definition) is 1. The summed E-state index contributed by atoms with van der Waals surface area (Å²) in [6.07, 6.45) is 2.10. The van der Waals surface area contributed by atoms with Gasteiger partial charge in [0.1, 0.15) is 18.2 Å². The number of hydrogen-bond acceptors (Lipinski definition) is 4. The molecule has 150 valence electrons. The average molecular weight is 392 g/mol. The van der Waals surface area contributed by atoms with Gasteiger partial charge < -0.3 is 10.1 Å². The number of benzene rings is 2. The van der Waals surface area contributed by atoms with Crippen LogP contribution >= 0.6 is 0 Å². The van der Waals surface area contributed by atoms with Crippen molar-refractivity contribution in [1.82, 2.24) is 19.7 Å². The lowest BCUT2D eigenvalue weighted by molar-refractivity contribution is 0.0928. The second-order valence-corrected chi connectivity index (χ2v) is 7.24. The number of nitrogens with one attached hydrogen (secondary N) is 1. The third-order valence-electron chi connectivity index (χ3n) is 5.21. The summed E-state index contributed by atoms with van der Waals surface area (Å²) in [7, 11) is 1.66. The number of nitrogens with zero attached hydrogens (tertiary/aromatic N) is 3. The quantitative estimate of drug-likeness (QED) is 0.723. The molecule has 1 aliphatic heterocycles. The Kier molecular flexibility index (Phi) is 5.46. The third kappa shape index (κ3) is 4.23. The van der Waals surface area contributed by atoms with Crippen LogP contribution in [-0.2, 0) is 26.6 Å². The molecule has 1 amide bonds. The van der Waals surface area contributed by atoms with Crippen LogP contribution in [0.4, 0.5) is 0 Å². The topological polar surface area (TPSA) is 78.2 Å². The first-order valence-corrected chi connectivity index (χ1v) is 9.81. The van der Waals surface area contributed by atoms with Crippen molar-refractivity contribution in [1.29, 1.82) is 0 Å². The zero-order valence-electron chi connectivity index (χ0n) is 16.4. The zero-order chi connectivity index (χ0) is 20.2. The number of ether oxygens (including phenoxy) is 1. The molecule has 1 unspecified atom stereocenters. The maximum absolute atomic E-state index is 12.9. The summed E-state index contributed by atoms with van der Waals surface area (Å²) < 4.78 is 8.97. The van der Waals surface area contributed by atoms with E-state index in [-0.39, 0.29) is 17.6 Å². The van der Waals surface area contributed by atoms with Crippen molar-refractivity contribution in [3.63, 3.8) is 0 Å². The van der Waals surface area contributed by atoms with Gasteiger partial charge in [-0.25, -0.2) is 9.48 Å². The number of para-hydroxylation sites is 1. The molecule has 1 aromatic heterocycles. The largest absolute Gasteiger partial charge is 0.488 e. The Hall–Kier alpha value is -3.35. The van der Waals surface area contributed by atoms with Gasteiger partial charge in [0, 0.05) is 26.1 Å². The summed E-state index contributed by atoms with van der Waals surface area (Å²) in [4.78, 5) is 25.0. The molecule has 0 bridgehead atoms. The lowest BCUT2D eigenvalue weighted by Gasteiger charge is -2.17. The van der Waals surface area contributed by atoms with Gasteiger partial charge in [-0.3, -0.25) is 9.36 Å².